The number of rotatable bonds is 1. The standard InChI is InChI=1S/C8H10O4S/c1-5-3-7(9)6(2)8(4-5)13(10,11)12/h3-4,9H,1-2H3,(H,10,11,12). The van der Waals surface area contributed by atoms with Gasteiger partial charge in [-0.1, -0.05) is 0 Å². The van der Waals surface area contributed by atoms with Gasteiger partial charge in [0.2, 0.25) is 0 Å². The Morgan fingerprint density at radius 2 is 1.77 bits per heavy atom. The van der Waals surface area contributed by atoms with Crippen molar-refractivity contribution in [2.45, 2.75) is 18.7 Å². The molecule has 72 valence electrons. The lowest BCUT2D eigenvalue weighted by atomic mass is 10.1. The Morgan fingerprint density at radius 1 is 1.23 bits per heavy atom. The largest absolute Gasteiger partial charge is 0.508 e. The van der Waals surface area contributed by atoms with Gasteiger partial charge in [0.15, 0.2) is 0 Å². The Labute approximate surface area is 76.6 Å². The van der Waals surface area contributed by atoms with Gasteiger partial charge in [0.1, 0.15) is 10.6 Å². The Kier molecular flexibility index (Phi) is 2.32. The number of phenolic OH excluding ortho intramolecular Hbond substituents is 1. The second kappa shape index (κ2) is 3.01. The van der Waals surface area contributed by atoms with Crippen LogP contribution < -0.4 is 0 Å². The summed E-state index contributed by atoms with van der Waals surface area (Å²) in [5.74, 6) is -0.132. The Bertz CT molecular complexity index is 434. The maximum atomic E-state index is 10.8. The van der Waals surface area contributed by atoms with Gasteiger partial charge >= 0.3 is 0 Å². The third kappa shape index (κ3) is 1.99. The van der Waals surface area contributed by atoms with E-state index in [1.54, 1.807) is 6.92 Å². The van der Waals surface area contributed by atoms with Crippen molar-refractivity contribution >= 4 is 10.1 Å². The summed E-state index contributed by atoms with van der Waals surface area (Å²) in [6, 6.07) is 2.74. The van der Waals surface area contributed by atoms with Crippen LogP contribution in [0.1, 0.15) is 11.1 Å². The number of aryl methyl sites for hydroxylation is 1. The van der Waals surface area contributed by atoms with E-state index < -0.39 is 10.1 Å². The van der Waals surface area contributed by atoms with E-state index in [1.807, 2.05) is 0 Å². The van der Waals surface area contributed by atoms with Gasteiger partial charge in [0.25, 0.3) is 10.1 Å². The minimum atomic E-state index is -4.24. The summed E-state index contributed by atoms with van der Waals surface area (Å²) in [6.07, 6.45) is 0. The molecule has 0 atom stereocenters. The van der Waals surface area contributed by atoms with E-state index in [-0.39, 0.29) is 16.2 Å². The third-order valence-corrected chi connectivity index (χ3v) is 2.73. The van der Waals surface area contributed by atoms with E-state index in [1.165, 1.54) is 19.1 Å². The maximum Gasteiger partial charge on any atom is 0.294 e. The molecule has 0 fully saturated rings. The molecule has 0 saturated carbocycles. The SMILES string of the molecule is Cc1cc(O)c(C)c(S(=O)(=O)O)c1. The normalized spacial score (nSPS) is 11.6. The molecular formula is C8H10O4S. The average Bonchev–Trinajstić information content (AvgIpc) is 1.94. The molecule has 0 bridgehead atoms. The lowest BCUT2D eigenvalue weighted by molar-refractivity contribution is 0.461. The minimum Gasteiger partial charge on any atom is -0.508 e. The van der Waals surface area contributed by atoms with Gasteiger partial charge in [-0.05, 0) is 31.5 Å². The molecule has 13 heavy (non-hydrogen) atoms. The molecule has 1 rings (SSSR count). The van der Waals surface area contributed by atoms with Gasteiger partial charge < -0.3 is 5.11 Å². The molecule has 4 nitrogen and oxygen atoms in total. The van der Waals surface area contributed by atoms with Crippen molar-refractivity contribution in [3.8, 4) is 5.75 Å². The quantitative estimate of drug-likeness (QED) is 0.672. The average molecular weight is 202 g/mol. The maximum absolute atomic E-state index is 10.8. The highest BCUT2D eigenvalue weighted by molar-refractivity contribution is 7.85. The van der Waals surface area contributed by atoms with Crippen LogP contribution >= 0.6 is 0 Å². The van der Waals surface area contributed by atoms with E-state index in [0.29, 0.717) is 5.56 Å². The summed E-state index contributed by atoms with van der Waals surface area (Å²) in [7, 11) is -4.24. The highest BCUT2D eigenvalue weighted by Gasteiger charge is 2.15. The van der Waals surface area contributed by atoms with E-state index in [2.05, 4.69) is 0 Å². The van der Waals surface area contributed by atoms with Crippen LogP contribution in [0.4, 0.5) is 0 Å². The molecule has 0 aliphatic rings. The number of hydrogen-bond donors (Lipinski definition) is 2. The van der Waals surface area contributed by atoms with Crippen LogP contribution in [0.5, 0.6) is 5.75 Å². The van der Waals surface area contributed by atoms with Gasteiger partial charge in [-0.2, -0.15) is 8.42 Å². The van der Waals surface area contributed by atoms with Crippen LogP contribution in [0.2, 0.25) is 0 Å². The monoisotopic (exact) mass is 202 g/mol. The fraction of sp³-hybridized carbons (Fsp3) is 0.250. The second-order valence-electron chi connectivity index (χ2n) is 2.88. The van der Waals surface area contributed by atoms with Crippen molar-refractivity contribution in [1.82, 2.24) is 0 Å². The predicted molar refractivity (Wildman–Crippen MR) is 47.4 cm³/mol. The van der Waals surface area contributed by atoms with Gasteiger partial charge in [-0.25, -0.2) is 0 Å². The predicted octanol–water partition coefficient (Wildman–Crippen LogP) is 1.26. The number of benzene rings is 1. The molecule has 0 aliphatic heterocycles. The molecule has 1 aromatic carbocycles. The first kappa shape index (κ1) is 10.0. The summed E-state index contributed by atoms with van der Waals surface area (Å²) < 4.78 is 30.4. The van der Waals surface area contributed by atoms with Crippen molar-refractivity contribution in [2.75, 3.05) is 0 Å². The zero-order chi connectivity index (χ0) is 10.2. The fourth-order valence-electron chi connectivity index (χ4n) is 1.07. The van der Waals surface area contributed by atoms with Gasteiger partial charge in [-0.15, -0.1) is 0 Å². The Morgan fingerprint density at radius 3 is 2.23 bits per heavy atom. The highest BCUT2D eigenvalue weighted by atomic mass is 32.2. The molecule has 0 aliphatic carbocycles. The second-order valence-corrected chi connectivity index (χ2v) is 4.27. The number of phenols is 1. The molecule has 0 radical (unpaired) electrons. The summed E-state index contributed by atoms with van der Waals surface area (Å²) in [6.45, 7) is 3.06. The van der Waals surface area contributed by atoms with Crippen LogP contribution in [0.15, 0.2) is 17.0 Å². The van der Waals surface area contributed by atoms with Crippen molar-refractivity contribution in [3.63, 3.8) is 0 Å². The van der Waals surface area contributed by atoms with E-state index in [9.17, 15) is 13.5 Å². The molecule has 2 N–H and O–H groups in total. The van der Waals surface area contributed by atoms with E-state index in [0.717, 1.165) is 0 Å². The van der Waals surface area contributed by atoms with Crippen LogP contribution in [0.3, 0.4) is 0 Å². The minimum absolute atomic E-state index is 0.132. The lowest BCUT2D eigenvalue weighted by Crippen LogP contribution is -2.01. The lowest BCUT2D eigenvalue weighted by Gasteiger charge is -2.05. The van der Waals surface area contributed by atoms with Gasteiger partial charge in [0, 0.05) is 5.56 Å². The molecular weight excluding hydrogens is 192 g/mol. The summed E-state index contributed by atoms with van der Waals surface area (Å²) in [4.78, 5) is -0.245. The molecule has 0 unspecified atom stereocenters. The summed E-state index contributed by atoms with van der Waals surface area (Å²) in [5.41, 5.74) is 0.740. The molecule has 0 spiro atoms. The number of hydrogen-bond acceptors (Lipinski definition) is 3. The van der Waals surface area contributed by atoms with E-state index in [4.69, 9.17) is 4.55 Å². The van der Waals surface area contributed by atoms with E-state index >= 15 is 0 Å². The smallest absolute Gasteiger partial charge is 0.294 e. The summed E-state index contributed by atoms with van der Waals surface area (Å²) >= 11 is 0. The number of aromatic hydroxyl groups is 1. The fourth-order valence-corrected chi connectivity index (χ4v) is 1.90. The summed E-state index contributed by atoms with van der Waals surface area (Å²) in [5, 5.41) is 9.27. The molecule has 1 aromatic rings. The van der Waals surface area contributed by atoms with Crippen LogP contribution in [0.25, 0.3) is 0 Å². The highest BCUT2D eigenvalue weighted by Crippen LogP contribution is 2.25. The van der Waals surface area contributed by atoms with Crippen LogP contribution in [-0.2, 0) is 10.1 Å². The van der Waals surface area contributed by atoms with Gasteiger partial charge in [0.05, 0.1) is 0 Å². The molecule has 0 saturated heterocycles. The molecule has 0 amide bonds. The first-order valence-electron chi connectivity index (χ1n) is 3.60. The molecule has 0 aromatic heterocycles. The van der Waals surface area contributed by atoms with Crippen molar-refractivity contribution < 1.29 is 18.1 Å². The van der Waals surface area contributed by atoms with Crippen LogP contribution in [0, 0.1) is 13.8 Å². The Hall–Kier alpha value is -1.07. The topological polar surface area (TPSA) is 74.6 Å². The molecule has 5 heteroatoms. The zero-order valence-corrected chi connectivity index (χ0v) is 8.09. The Balaban J connectivity index is 3.56. The zero-order valence-electron chi connectivity index (χ0n) is 7.27. The first-order valence-corrected chi connectivity index (χ1v) is 5.04. The molecule has 0 heterocycles. The van der Waals surface area contributed by atoms with Crippen molar-refractivity contribution in [2.24, 2.45) is 0 Å². The van der Waals surface area contributed by atoms with Crippen molar-refractivity contribution in [3.05, 3.63) is 23.3 Å². The van der Waals surface area contributed by atoms with Crippen molar-refractivity contribution in [1.29, 1.82) is 0 Å². The first-order chi connectivity index (χ1) is 5.82. The van der Waals surface area contributed by atoms with Crippen LogP contribution in [-0.4, -0.2) is 18.1 Å². The van der Waals surface area contributed by atoms with Gasteiger partial charge in [-0.3, -0.25) is 4.55 Å². The third-order valence-electron chi connectivity index (χ3n) is 1.75.